The monoisotopic (exact) mass is 542 g/mol. The van der Waals surface area contributed by atoms with Crippen LogP contribution in [0.1, 0.15) is 38.5 Å². The van der Waals surface area contributed by atoms with E-state index in [1.807, 2.05) is 0 Å². The summed E-state index contributed by atoms with van der Waals surface area (Å²) in [5, 5.41) is 0.567. The van der Waals surface area contributed by atoms with Gasteiger partial charge in [0.1, 0.15) is 0 Å². The Morgan fingerprint density at radius 3 is 2.28 bits per heavy atom. The Kier molecular flexibility index (Phi) is 11.8. The van der Waals surface area contributed by atoms with Crippen LogP contribution in [0.3, 0.4) is 0 Å². The van der Waals surface area contributed by atoms with E-state index in [4.69, 9.17) is 62.7 Å². The van der Waals surface area contributed by atoms with Crippen molar-refractivity contribution in [3.8, 4) is 0 Å². The summed E-state index contributed by atoms with van der Waals surface area (Å²) in [6.07, 6.45) is 5.32. The summed E-state index contributed by atoms with van der Waals surface area (Å²) in [7, 11) is 0. The lowest BCUT2D eigenvalue weighted by Gasteiger charge is -2.41. The first-order chi connectivity index (χ1) is 15.3. The molecular formula is C22H27Cl5N2O3. The molecule has 0 bridgehead atoms. The average molecular weight is 545 g/mol. The Morgan fingerprint density at radius 1 is 1.09 bits per heavy atom. The number of carbonyl (C=O) groups excluding carboxylic acids is 2. The van der Waals surface area contributed by atoms with Crippen LogP contribution < -0.4 is 4.90 Å². The van der Waals surface area contributed by atoms with Gasteiger partial charge in [-0.25, -0.2) is 4.79 Å². The maximum Gasteiger partial charge on any atom is 0.411 e. The van der Waals surface area contributed by atoms with Crippen LogP contribution in [-0.2, 0) is 9.53 Å². The van der Waals surface area contributed by atoms with Crippen molar-refractivity contribution in [2.45, 2.75) is 61.0 Å². The van der Waals surface area contributed by atoms with Crippen LogP contribution in [-0.4, -0.2) is 51.8 Å². The van der Waals surface area contributed by atoms with Gasteiger partial charge < -0.3 is 9.64 Å². The molecule has 1 fully saturated rings. The van der Waals surface area contributed by atoms with E-state index in [-0.39, 0.29) is 36.8 Å². The van der Waals surface area contributed by atoms with Crippen LogP contribution in [0.4, 0.5) is 10.5 Å². The minimum absolute atomic E-state index is 0.122. The van der Waals surface area contributed by atoms with Crippen molar-refractivity contribution in [3.63, 3.8) is 0 Å². The third-order valence-corrected chi connectivity index (χ3v) is 6.83. The second kappa shape index (κ2) is 13.8. The number of carbonyl (C=O) groups is 2. The van der Waals surface area contributed by atoms with E-state index in [2.05, 4.69) is 6.58 Å². The molecule has 3 unspecified atom stereocenters. The van der Waals surface area contributed by atoms with E-state index >= 15 is 0 Å². The van der Waals surface area contributed by atoms with Crippen molar-refractivity contribution in [1.82, 2.24) is 4.90 Å². The molecule has 178 valence electrons. The number of hydrogen-bond donors (Lipinski definition) is 0. The zero-order chi connectivity index (χ0) is 23.7. The van der Waals surface area contributed by atoms with Crippen LogP contribution in [0.2, 0.25) is 5.02 Å². The van der Waals surface area contributed by atoms with Gasteiger partial charge in [0.2, 0.25) is 11.5 Å². The van der Waals surface area contributed by atoms with Crippen LogP contribution >= 0.6 is 58.0 Å². The Hall–Kier alpha value is -0.850. The smallest absolute Gasteiger partial charge is 0.411 e. The van der Waals surface area contributed by atoms with Gasteiger partial charge in [0.25, 0.3) is 0 Å². The Bertz CT molecular complexity index is 762. The van der Waals surface area contributed by atoms with Crippen LogP contribution in [0.25, 0.3) is 0 Å². The van der Waals surface area contributed by atoms with Gasteiger partial charge in [0.15, 0.2) is 4.84 Å². The number of anilines is 1. The maximum atomic E-state index is 13.2. The van der Waals surface area contributed by atoms with Gasteiger partial charge in [-0.1, -0.05) is 71.7 Å². The number of hydrogen-bond acceptors (Lipinski definition) is 3. The molecule has 3 atom stereocenters. The molecule has 1 aliphatic carbocycles. The summed E-state index contributed by atoms with van der Waals surface area (Å²) in [6, 6.07) is 6.45. The molecule has 1 aromatic carbocycles. The molecule has 0 spiro atoms. The fourth-order valence-electron chi connectivity index (χ4n) is 3.96. The maximum absolute atomic E-state index is 13.2. The number of ether oxygens (including phenoxy) is 1. The molecule has 0 aliphatic heterocycles. The highest BCUT2D eigenvalue weighted by molar-refractivity contribution is 6.48. The van der Waals surface area contributed by atoms with Gasteiger partial charge >= 0.3 is 6.09 Å². The predicted octanol–water partition coefficient (Wildman–Crippen LogP) is 7.00. The van der Waals surface area contributed by atoms with Crippen molar-refractivity contribution in [2.24, 2.45) is 0 Å². The quantitative estimate of drug-likeness (QED) is 0.191. The van der Waals surface area contributed by atoms with Crippen LogP contribution in [0.15, 0.2) is 36.9 Å². The lowest BCUT2D eigenvalue weighted by atomic mass is 9.98. The summed E-state index contributed by atoms with van der Waals surface area (Å²) in [6.45, 7) is 3.99. The Labute approximate surface area is 214 Å². The van der Waals surface area contributed by atoms with Crippen molar-refractivity contribution in [1.29, 1.82) is 0 Å². The first kappa shape index (κ1) is 27.4. The van der Waals surface area contributed by atoms with Gasteiger partial charge in [0.05, 0.1) is 12.1 Å². The summed E-state index contributed by atoms with van der Waals surface area (Å²) >= 11 is 29.5. The standard InChI is InChI=1S/C22H27Cl5N2O3/c1-2-14-28(22(31)32-21(27)20(25)26)17-6-4-3-5-7-18(17)29(19(30)12-13-23)16-10-8-15(24)9-11-16/h2,8-11,17-18,20-21H,1,3-7,12-14H2. The number of halogens is 5. The van der Waals surface area contributed by atoms with Gasteiger partial charge in [-0.05, 0) is 37.1 Å². The highest BCUT2D eigenvalue weighted by Gasteiger charge is 2.39. The highest BCUT2D eigenvalue weighted by atomic mass is 35.5. The largest absolute Gasteiger partial charge is 0.427 e. The molecule has 10 heteroatoms. The highest BCUT2D eigenvalue weighted by Crippen LogP contribution is 2.32. The van der Waals surface area contributed by atoms with Crippen molar-refractivity contribution in [3.05, 3.63) is 41.9 Å². The van der Waals surface area contributed by atoms with Gasteiger partial charge in [-0.15, -0.1) is 18.2 Å². The first-order valence-corrected chi connectivity index (χ1v) is 12.7. The molecule has 1 aliphatic rings. The van der Waals surface area contributed by atoms with E-state index < -0.39 is 16.5 Å². The lowest BCUT2D eigenvalue weighted by molar-refractivity contribution is -0.119. The molecule has 0 saturated heterocycles. The fourth-order valence-corrected chi connectivity index (χ4v) is 4.42. The number of nitrogens with zero attached hydrogens (tertiary/aromatic N) is 2. The Balaban J connectivity index is 2.45. The molecule has 0 N–H and O–H groups in total. The topological polar surface area (TPSA) is 49.9 Å². The van der Waals surface area contributed by atoms with E-state index in [9.17, 15) is 9.59 Å². The van der Waals surface area contributed by atoms with Crippen LogP contribution in [0, 0.1) is 0 Å². The fraction of sp³-hybridized carbons (Fsp3) is 0.545. The van der Waals surface area contributed by atoms with Gasteiger partial charge in [0, 0.05) is 29.6 Å². The second-order valence-electron chi connectivity index (χ2n) is 7.46. The molecule has 32 heavy (non-hydrogen) atoms. The summed E-state index contributed by atoms with van der Waals surface area (Å²) in [5.41, 5.74) is -0.502. The summed E-state index contributed by atoms with van der Waals surface area (Å²) in [4.78, 5) is 28.4. The molecule has 0 radical (unpaired) electrons. The van der Waals surface area contributed by atoms with Crippen molar-refractivity contribution >= 4 is 75.7 Å². The predicted molar refractivity (Wildman–Crippen MR) is 133 cm³/mol. The molecule has 1 aromatic rings. The van der Waals surface area contributed by atoms with E-state index in [1.165, 1.54) is 0 Å². The SMILES string of the molecule is C=CCN(C(=O)OC(Cl)C(Cl)Cl)C1CCCCCC1N(C(=O)CCCl)c1ccc(Cl)cc1. The lowest BCUT2D eigenvalue weighted by Crippen LogP contribution is -2.55. The molecule has 0 heterocycles. The number of rotatable bonds is 9. The molecule has 5 nitrogen and oxygen atoms in total. The summed E-state index contributed by atoms with van der Waals surface area (Å²) < 4.78 is 5.28. The Morgan fingerprint density at radius 2 is 1.72 bits per heavy atom. The molecule has 2 rings (SSSR count). The number of alkyl halides is 4. The van der Waals surface area contributed by atoms with Crippen molar-refractivity contribution < 1.29 is 14.3 Å². The van der Waals surface area contributed by atoms with Gasteiger partial charge in [-0.2, -0.15) is 0 Å². The molecule has 2 amide bonds. The number of amides is 2. The van der Waals surface area contributed by atoms with Crippen LogP contribution in [0.5, 0.6) is 0 Å². The van der Waals surface area contributed by atoms with E-state index in [1.54, 1.807) is 40.1 Å². The van der Waals surface area contributed by atoms with E-state index in [0.717, 1.165) is 19.3 Å². The summed E-state index contributed by atoms with van der Waals surface area (Å²) in [5.74, 6) is 0.0717. The van der Waals surface area contributed by atoms with Crippen molar-refractivity contribution in [2.75, 3.05) is 17.3 Å². The minimum Gasteiger partial charge on any atom is -0.427 e. The third-order valence-electron chi connectivity index (χ3n) is 5.33. The first-order valence-electron chi connectivity index (χ1n) is 10.4. The molecule has 1 saturated carbocycles. The number of benzene rings is 1. The zero-order valence-electron chi connectivity index (χ0n) is 17.6. The van der Waals surface area contributed by atoms with Gasteiger partial charge in [-0.3, -0.25) is 9.69 Å². The average Bonchev–Trinajstić information content (AvgIpc) is 2.99. The molecular weight excluding hydrogens is 518 g/mol. The normalized spacial score (nSPS) is 19.7. The minimum atomic E-state index is -1.20. The zero-order valence-corrected chi connectivity index (χ0v) is 21.3. The van der Waals surface area contributed by atoms with E-state index in [0.29, 0.717) is 23.6 Å². The second-order valence-corrected chi connectivity index (χ2v) is 9.87. The third kappa shape index (κ3) is 7.59. The molecule has 0 aromatic heterocycles.